The number of nitrogens with zero attached hydrogens (tertiary/aromatic N) is 1. The normalized spacial score (nSPS) is 15.9. The van der Waals surface area contributed by atoms with Crippen LogP contribution in [-0.4, -0.2) is 43.0 Å². The van der Waals surface area contributed by atoms with E-state index in [-0.39, 0.29) is 5.91 Å². The molecule has 3 nitrogen and oxygen atoms in total. The van der Waals surface area contributed by atoms with Crippen LogP contribution < -0.4 is 4.90 Å². The number of amides is 1. The summed E-state index contributed by atoms with van der Waals surface area (Å²) in [6.07, 6.45) is 0. The van der Waals surface area contributed by atoms with Crippen molar-refractivity contribution in [2.75, 3.05) is 26.2 Å². The second-order valence-electron chi connectivity index (χ2n) is 6.55. The molecule has 1 fully saturated rings. The van der Waals surface area contributed by atoms with Crippen LogP contribution in [-0.2, 0) is 0 Å². The molecule has 0 spiro atoms. The first-order valence-electron chi connectivity index (χ1n) is 8.44. The number of benzene rings is 2. The molecule has 0 aliphatic carbocycles. The summed E-state index contributed by atoms with van der Waals surface area (Å²) in [5, 5.41) is 0. The van der Waals surface area contributed by atoms with Crippen LogP contribution in [0.15, 0.2) is 54.6 Å². The Balaban J connectivity index is 1.67. The van der Waals surface area contributed by atoms with Crippen LogP contribution in [0.2, 0.25) is 0 Å². The van der Waals surface area contributed by atoms with Gasteiger partial charge < -0.3 is 9.80 Å². The molecule has 1 saturated heterocycles. The number of hydrogen-bond acceptors (Lipinski definition) is 1. The topological polar surface area (TPSA) is 24.8 Å². The van der Waals surface area contributed by atoms with E-state index >= 15 is 0 Å². The van der Waals surface area contributed by atoms with Gasteiger partial charge in [0.1, 0.15) is 0 Å². The summed E-state index contributed by atoms with van der Waals surface area (Å²) in [7, 11) is 0. The fourth-order valence-electron chi connectivity index (χ4n) is 3.19. The molecule has 23 heavy (non-hydrogen) atoms. The first kappa shape index (κ1) is 15.8. The molecule has 0 atom stereocenters. The molecule has 0 saturated carbocycles. The van der Waals surface area contributed by atoms with Gasteiger partial charge in [0.05, 0.1) is 32.2 Å². The number of nitrogens with one attached hydrogen (secondary N) is 1. The number of piperazine rings is 1. The monoisotopic (exact) mass is 309 g/mol. The fourth-order valence-corrected chi connectivity index (χ4v) is 3.19. The Labute approximate surface area is 138 Å². The van der Waals surface area contributed by atoms with Crippen molar-refractivity contribution < 1.29 is 9.69 Å². The zero-order valence-electron chi connectivity index (χ0n) is 14.0. The first-order valence-corrected chi connectivity index (χ1v) is 8.44. The van der Waals surface area contributed by atoms with Gasteiger partial charge in [0.2, 0.25) is 0 Å². The van der Waals surface area contributed by atoms with Gasteiger partial charge in [0, 0.05) is 5.56 Å². The number of rotatable bonds is 3. The highest BCUT2D eigenvalue weighted by molar-refractivity contribution is 5.94. The van der Waals surface area contributed by atoms with E-state index in [0.717, 1.165) is 37.3 Å². The van der Waals surface area contributed by atoms with Crippen molar-refractivity contribution in [3.8, 4) is 11.1 Å². The van der Waals surface area contributed by atoms with E-state index in [9.17, 15) is 4.79 Å². The molecule has 1 aliphatic heterocycles. The van der Waals surface area contributed by atoms with E-state index in [1.165, 1.54) is 5.56 Å². The minimum Gasteiger partial charge on any atom is -0.330 e. The zero-order chi connectivity index (χ0) is 16.2. The lowest BCUT2D eigenvalue weighted by atomic mass is 10.0. The minimum atomic E-state index is 0.160. The minimum absolute atomic E-state index is 0.160. The quantitative estimate of drug-likeness (QED) is 0.923. The highest BCUT2D eigenvalue weighted by Crippen LogP contribution is 2.19. The maximum Gasteiger partial charge on any atom is 0.254 e. The SMILES string of the molecule is CC(C)[NH+]1CCN(C(=O)c2ccc(-c3ccccc3)cc2)CC1. The number of hydrogen-bond donors (Lipinski definition) is 1. The molecule has 1 N–H and O–H groups in total. The third-order valence-electron chi connectivity index (χ3n) is 4.75. The second kappa shape index (κ2) is 6.97. The lowest BCUT2D eigenvalue weighted by Gasteiger charge is -2.34. The summed E-state index contributed by atoms with van der Waals surface area (Å²) in [6.45, 7) is 8.29. The molecule has 0 bridgehead atoms. The number of quaternary nitrogens is 1. The molecule has 1 heterocycles. The lowest BCUT2D eigenvalue weighted by Crippen LogP contribution is -3.17. The van der Waals surface area contributed by atoms with Gasteiger partial charge in [-0.05, 0) is 37.1 Å². The molecule has 1 aliphatic rings. The van der Waals surface area contributed by atoms with Crippen molar-refractivity contribution >= 4 is 5.91 Å². The predicted octanol–water partition coefficient (Wildman–Crippen LogP) is 2.10. The molecule has 0 radical (unpaired) electrons. The Hall–Kier alpha value is -2.13. The van der Waals surface area contributed by atoms with Gasteiger partial charge in [0.25, 0.3) is 5.91 Å². The van der Waals surface area contributed by atoms with Crippen LogP contribution in [0.4, 0.5) is 0 Å². The molecule has 3 rings (SSSR count). The summed E-state index contributed by atoms with van der Waals surface area (Å²) in [6, 6.07) is 18.9. The molecule has 1 amide bonds. The van der Waals surface area contributed by atoms with Gasteiger partial charge in [0.15, 0.2) is 0 Å². The Bertz CT molecular complexity index is 641. The molecule has 2 aromatic rings. The Morgan fingerprint density at radius 3 is 2.04 bits per heavy atom. The predicted molar refractivity (Wildman–Crippen MR) is 93.6 cm³/mol. The first-order chi connectivity index (χ1) is 11.1. The Kier molecular flexibility index (Phi) is 4.77. The van der Waals surface area contributed by atoms with Crippen LogP contribution in [0.25, 0.3) is 11.1 Å². The maximum atomic E-state index is 12.6. The summed E-state index contributed by atoms with van der Waals surface area (Å²) in [5.74, 6) is 0.160. The molecular formula is C20H25N2O+. The van der Waals surface area contributed by atoms with E-state index < -0.39 is 0 Å². The molecule has 2 aromatic carbocycles. The third kappa shape index (κ3) is 3.62. The summed E-state index contributed by atoms with van der Waals surface area (Å²) in [4.78, 5) is 16.2. The van der Waals surface area contributed by atoms with Gasteiger partial charge in [-0.15, -0.1) is 0 Å². The van der Waals surface area contributed by atoms with Crippen LogP contribution in [0.5, 0.6) is 0 Å². The van der Waals surface area contributed by atoms with Crippen molar-refractivity contribution in [1.82, 2.24) is 4.90 Å². The van der Waals surface area contributed by atoms with Gasteiger partial charge in [-0.3, -0.25) is 4.79 Å². The highest BCUT2D eigenvalue weighted by atomic mass is 16.2. The van der Waals surface area contributed by atoms with Crippen molar-refractivity contribution in [3.05, 3.63) is 60.2 Å². The average molecular weight is 309 g/mol. The fraction of sp³-hybridized carbons (Fsp3) is 0.350. The zero-order valence-corrected chi connectivity index (χ0v) is 14.0. The van der Waals surface area contributed by atoms with Gasteiger partial charge in [-0.2, -0.15) is 0 Å². The van der Waals surface area contributed by atoms with Crippen LogP contribution in [0.3, 0.4) is 0 Å². The van der Waals surface area contributed by atoms with Crippen molar-refractivity contribution in [2.45, 2.75) is 19.9 Å². The summed E-state index contributed by atoms with van der Waals surface area (Å²) < 4.78 is 0. The molecule has 0 aromatic heterocycles. The average Bonchev–Trinajstić information content (AvgIpc) is 2.62. The molecular weight excluding hydrogens is 284 g/mol. The van der Waals surface area contributed by atoms with E-state index in [1.54, 1.807) is 4.90 Å². The Morgan fingerprint density at radius 1 is 0.913 bits per heavy atom. The van der Waals surface area contributed by atoms with E-state index in [2.05, 4.69) is 26.0 Å². The maximum absolute atomic E-state index is 12.6. The highest BCUT2D eigenvalue weighted by Gasteiger charge is 2.25. The van der Waals surface area contributed by atoms with Crippen LogP contribution in [0, 0.1) is 0 Å². The van der Waals surface area contributed by atoms with Crippen molar-refractivity contribution in [2.24, 2.45) is 0 Å². The Morgan fingerprint density at radius 2 is 1.48 bits per heavy atom. The molecule has 120 valence electrons. The summed E-state index contributed by atoms with van der Waals surface area (Å²) in [5.41, 5.74) is 3.12. The number of carbonyl (C=O) groups excluding carboxylic acids is 1. The lowest BCUT2D eigenvalue weighted by molar-refractivity contribution is -0.925. The second-order valence-corrected chi connectivity index (χ2v) is 6.55. The third-order valence-corrected chi connectivity index (χ3v) is 4.75. The van der Waals surface area contributed by atoms with Crippen molar-refractivity contribution in [1.29, 1.82) is 0 Å². The van der Waals surface area contributed by atoms with Crippen molar-refractivity contribution in [3.63, 3.8) is 0 Å². The number of carbonyl (C=O) groups is 1. The van der Waals surface area contributed by atoms with Gasteiger partial charge in [-0.1, -0.05) is 42.5 Å². The van der Waals surface area contributed by atoms with Crippen LogP contribution >= 0.6 is 0 Å². The largest absolute Gasteiger partial charge is 0.330 e. The van der Waals surface area contributed by atoms with E-state index in [4.69, 9.17) is 0 Å². The van der Waals surface area contributed by atoms with Gasteiger partial charge in [-0.25, -0.2) is 0 Å². The molecule has 0 unspecified atom stereocenters. The summed E-state index contributed by atoms with van der Waals surface area (Å²) >= 11 is 0. The van der Waals surface area contributed by atoms with E-state index in [0.29, 0.717) is 6.04 Å². The van der Waals surface area contributed by atoms with Gasteiger partial charge >= 0.3 is 0 Å². The smallest absolute Gasteiger partial charge is 0.254 e. The van der Waals surface area contributed by atoms with E-state index in [1.807, 2.05) is 47.4 Å². The molecule has 3 heteroatoms. The standard InChI is InChI=1S/C20H24N2O/c1-16(2)21-12-14-22(15-13-21)20(23)19-10-8-18(9-11-19)17-6-4-3-5-7-17/h3-11,16H,12-15H2,1-2H3/p+1. The van der Waals surface area contributed by atoms with Crippen LogP contribution in [0.1, 0.15) is 24.2 Å².